The van der Waals surface area contributed by atoms with E-state index < -0.39 is 0 Å². The maximum atomic E-state index is 6.01. The molecule has 3 rings (SSSR count). The van der Waals surface area contributed by atoms with Gasteiger partial charge in [0, 0.05) is 23.8 Å². The first-order valence-corrected chi connectivity index (χ1v) is 5.71. The lowest BCUT2D eigenvalue weighted by atomic mass is 9.93. The van der Waals surface area contributed by atoms with E-state index in [1.165, 1.54) is 12.8 Å². The van der Waals surface area contributed by atoms with Gasteiger partial charge >= 0.3 is 0 Å². The first kappa shape index (κ1) is 9.09. The van der Waals surface area contributed by atoms with Gasteiger partial charge in [0.15, 0.2) is 0 Å². The van der Waals surface area contributed by atoms with E-state index in [2.05, 4.69) is 15.3 Å². The molecule has 4 nitrogen and oxygen atoms in total. The van der Waals surface area contributed by atoms with Gasteiger partial charge in [0.05, 0.1) is 5.69 Å². The van der Waals surface area contributed by atoms with Crippen molar-refractivity contribution in [1.29, 1.82) is 0 Å². The Kier molecular flexibility index (Phi) is 2.09. The molecule has 1 aromatic heterocycles. The van der Waals surface area contributed by atoms with Crippen LogP contribution in [0.5, 0.6) is 0 Å². The number of anilines is 1. The summed E-state index contributed by atoms with van der Waals surface area (Å²) in [6.07, 6.45) is 7.65. The molecule has 0 radical (unpaired) electrons. The largest absolute Gasteiger partial charge is 0.351 e. The number of nitrogens with two attached hydrogens (primary N) is 1. The average Bonchev–Trinajstić information content (AvgIpc) is 3.02. The number of nitrogens with zero attached hydrogens (tertiary/aromatic N) is 2. The summed E-state index contributed by atoms with van der Waals surface area (Å²) in [5, 5.41) is 3.32. The van der Waals surface area contributed by atoms with Gasteiger partial charge in [0.2, 0.25) is 5.95 Å². The molecule has 80 valence electrons. The highest BCUT2D eigenvalue weighted by molar-refractivity contribution is 5.34. The molecular formula is C11H16N4. The minimum absolute atomic E-state index is 0.142. The van der Waals surface area contributed by atoms with E-state index in [1.807, 2.05) is 6.20 Å². The van der Waals surface area contributed by atoms with Crippen LogP contribution in [0.4, 0.5) is 5.95 Å². The van der Waals surface area contributed by atoms with E-state index in [0.29, 0.717) is 6.04 Å². The quantitative estimate of drug-likeness (QED) is 0.764. The van der Waals surface area contributed by atoms with E-state index in [4.69, 9.17) is 5.73 Å². The molecular weight excluding hydrogens is 188 g/mol. The highest BCUT2D eigenvalue weighted by Crippen LogP contribution is 2.28. The van der Waals surface area contributed by atoms with Gasteiger partial charge in [0.1, 0.15) is 0 Å². The second kappa shape index (κ2) is 3.45. The van der Waals surface area contributed by atoms with Gasteiger partial charge in [-0.2, -0.15) is 0 Å². The monoisotopic (exact) mass is 204 g/mol. The van der Waals surface area contributed by atoms with Crippen LogP contribution in [-0.2, 0) is 6.42 Å². The SMILES string of the molecule is NC1CCCc2nc(NC3CC3)ncc21. The Hall–Kier alpha value is -1.16. The van der Waals surface area contributed by atoms with E-state index in [9.17, 15) is 0 Å². The molecule has 15 heavy (non-hydrogen) atoms. The first-order chi connectivity index (χ1) is 7.33. The van der Waals surface area contributed by atoms with Crippen molar-refractivity contribution in [3.63, 3.8) is 0 Å². The summed E-state index contributed by atoms with van der Waals surface area (Å²) in [5.41, 5.74) is 8.30. The molecule has 0 aromatic carbocycles. The molecule has 0 spiro atoms. The van der Waals surface area contributed by atoms with Crippen LogP contribution >= 0.6 is 0 Å². The Labute approximate surface area is 89.3 Å². The first-order valence-electron chi connectivity index (χ1n) is 5.71. The van der Waals surface area contributed by atoms with Crippen molar-refractivity contribution in [1.82, 2.24) is 9.97 Å². The van der Waals surface area contributed by atoms with Gasteiger partial charge in [-0.1, -0.05) is 0 Å². The minimum atomic E-state index is 0.142. The second-order valence-corrected chi connectivity index (χ2v) is 4.51. The fraction of sp³-hybridized carbons (Fsp3) is 0.636. The van der Waals surface area contributed by atoms with E-state index in [0.717, 1.165) is 36.5 Å². The lowest BCUT2D eigenvalue weighted by Crippen LogP contribution is -2.20. The van der Waals surface area contributed by atoms with Gasteiger partial charge in [-0.3, -0.25) is 0 Å². The standard InChI is InChI=1S/C11H16N4/c12-9-2-1-3-10-8(9)6-13-11(15-10)14-7-4-5-7/h6-7,9H,1-5,12H2,(H,13,14,15). The fourth-order valence-electron chi connectivity index (χ4n) is 2.06. The van der Waals surface area contributed by atoms with Crippen molar-refractivity contribution in [2.75, 3.05) is 5.32 Å². The molecule has 1 fully saturated rings. The van der Waals surface area contributed by atoms with Crippen LogP contribution in [0.1, 0.15) is 43.0 Å². The third-order valence-electron chi connectivity index (χ3n) is 3.14. The van der Waals surface area contributed by atoms with E-state index in [1.54, 1.807) is 0 Å². The Bertz CT molecular complexity index is 373. The molecule has 3 N–H and O–H groups in total. The summed E-state index contributed by atoms with van der Waals surface area (Å²) in [6, 6.07) is 0.754. The van der Waals surface area contributed by atoms with Gasteiger partial charge in [-0.25, -0.2) is 9.97 Å². The topological polar surface area (TPSA) is 63.8 Å². The van der Waals surface area contributed by atoms with Gasteiger partial charge < -0.3 is 11.1 Å². The van der Waals surface area contributed by atoms with Crippen LogP contribution in [0, 0.1) is 0 Å². The molecule has 2 aliphatic rings. The summed E-state index contributed by atoms with van der Waals surface area (Å²) >= 11 is 0. The smallest absolute Gasteiger partial charge is 0.223 e. The summed E-state index contributed by atoms with van der Waals surface area (Å²) in [5.74, 6) is 0.783. The molecule has 0 saturated heterocycles. The molecule has 1 saturated carbocycles. The van der Waals surface area contributed by atoms with Crippen LogP contribution in [-0.4, -0.2) is 16.0 Å². The van der Waals surface area contributed by atoms with Crippen LogP contribution in [0.15, 0.2) is 6.20 Å². The fourth-order valence-corrected chi connectivity index (χ4v) is 2.06. The lowest BCUT2D eigenvalue weighted by Gasteiger charge is -2.21. The lowest BCUT2D eigenvalue weighted by molar-refractivity contribution is 0.557. The molecule has 4 heteroatoms. The molecule has 0 aliphatic heterocycles. The van der Waals surface area contributed by atoms with Crippen LogP contribution < -0.4 is 11.1 Å². The second-order valence-electron chi connectivity index (χ2n) is 4.51. The van der Waals surface area contributed by atoms with Gasteiger partial charge in [0.25, 0.3) is 0 Å². The zero-order valence-electron chi connectivity index (χ0n) is 8.74. The Morgan fingerprint density at radius 1 is 1.33 bits per heavy atom. The van der Waals surface area contributed by atoms with Crippen molar-refractivity contribution < 1.29 is 0 Å². The number of aromatic nitrogens is 2. The molecule has 1 unspecified atom stereocenters. The highest BCUT2D eigenvalue weighted by Gasteiger charge is 2.23. The minimum Gasteiger partial charge on any atom is -0.351 e. The number of hydrogen-bond acceptors (Lipinski definition) is 4. The van der Waals surface area contributed by atoms with Crippen molar-refractivity contribution in [2.45, 2.75) is 44.2 Å². The number of nitrogens with one attached hydrogen (secondary N) is 1. The zero-order chi connectivity index (χ0) is 10.3. The zero-order valence-corrected chi connectivity index (χ0v) is 8.74. The third kappa shape index (κ3) is 1.81. The third-order valence-corrected chi connectivity index (χ3v) is 3.14. The Morgan fingerprint density at radius 2 is 2.20 bits per heavy atom. The van der Waals surface area contributed by atoms with Crippen molar-refractivity contribution in [3.8, 4) is 0 Å². The predicted octanol–water partition coefficient (Wildman–Crippen LogP) is 1.39. The average molecular weight is 204 g/mol. The molecule has 1 heterocycles. The maximum absolute atomic E-state index is 6.01. The van der Waals surface area contributed by atoms with Crippen molar-refractivity contribution >= 4 is 5.95 Å². The predicted molar refractivity (Wildman–Crippen MR) is 58.5 cm³/mol. The molecule has 1 aromatic rings. The Balaban J connectivity index is 1.87. The molecule has 1 atom stereocenters. The summed E-state index contributed by atoms with van der Waals surface area (Å²) in [7, 11) is 0. The molecule has 0 bridgehead atoms. The maximum Gasteiger partial charge on any atom is 0.223 e. The Morgan fingerprint density at radius 3 is 3.00 bits per heavy atom. The summed E-state index contributed by atoms with van der Waals surface area (Å²) < 4.78 is 0. The summed E-state index contributed by atoms with van der Waals surface area (Å²) in [4.78, 5) is 8.86. The van der Waals surface area contributed by atoms with Crippen molar-refractivity contribution in [2.24, 2.45) is 5.73 Å². The van der Waals surface area contributed by atoms with E-state index >= 15 is 0 Å². The number of fused-ring (bicyclic) bond motifs is 1. The molecule has 2 aliphatic carbocycles. The van der Waals surface area contributed by atoms with Crippen molar-refractivity contribution in [3.05, 3.63) is 17.5 Å². The summed E-state index contributed by atoms with van der Waals surface area (Å²) in [6.45, 7) is 0. The number of aryl methyl sites for hydroxylation is 1. The van der Waals surface area contributed by atoms with Crippen LogP contribution in [0.25, 0.3) is 0 Å². The van der Waals surface area contributed by atoms with Gasteiger partial charge in [-0.15, -0.1) is 0 Å². The molecule has 0 amide bonds. The number of hydrogen-bond donors (Lipinski definition) is 2. The van der Waals surface area contributed by atoms with Crippen LogP contribution in [0.3, 0.4) is 0 Å². The normalized spacial score (nSPS) is 24.7. The van der Waals surface area contributed by atoms with E-state index in [-0.39, 0.29) is 6.04 Å². The van der Waals surface area contributed by atoms with Crippen LogP contribution in [0.2, 0.25) is 0 Å². The number of rotatable bonds is 2. The highest BCUT2D eigenvalue weighted by atomic mass is 15.1. The van der Waals surface area contributed by atoms with Gasteiger partial charge in [-0.05, 0) is 32.1 Å².